The van der Waals surface area contributed by atoms with Crippen molar-refractivity contribution in [3.05, 3.63) is 48.6 Å². The Balaban J connectivity index is 3.49. The minimum absolute atomic E-state index is 0.0180. The van der Waals surface area contributed by atoms with Crippen LogP contribution >= 0.6 is 0 Å². The van der Waals surface area contributed by atoms with Gasteiger partial charge in [0.25, 0.3) is 0 Å². The molecule has 1 amide bonds. The fraction of sp³-hybridized carbons (Fsp3) is 0.833. The van der Waals surface area contributed by atoms with Crippen LogP contribution in [0.1, 0.15) is 296 Å². The summed E-state index contributed by atoms with van der Waals surface area (Å²) < 4.78 is 5.46. The maximum Gasteiger partial charge on any atom is 0.305 e. The molecular weight excluding hydrogens is 815 g/mol. The number of amides is 1. The molecule has 0 heterocycles. The Bertz CT molecular complexity index is 1110. The Kier molecular flexibility index (Phi) is 53.6. The van der Waals surface area contributed by atoms with Crippen LogP contribution in [0.15, 0.2) is 48.6 Å². The zero-order valence-electron chi connectivity index (χ0n) is 43.9. The van der Waals surface area contributed by atoms with Gasteiger partial charge in [0.2, 0.25) is 5.91 Å². The van der Waals surface area contributed by atoms with Crippen molar-refractivity contribution in [1.82, 2.24) is 5.32 Å². The molecule has 0 fully saturated rings. The van der Waals surface area contributed by atoms with E-state index in [1.54, 1.807) is 6.08 Å². The number of unbranched alkanes of at least 4 members (excludes halogenated alkanes) is 37. The number of aliphatic hydroxyl groups is 2. The summed E-state index contributed by atoms with van der Waals surface area (Å²) >= 11 is 0. The quantitative estimate of drug-likeness (QED) is 0.0244. The molecule has 0 rings (SSSR count). The van der Waals surface area contributed by atoms with Gasteiger partial charge in [0, 0.05) is 12.8 Å². The molecule has 0 saturated carbocycles. The highest BCUT2D eigenvalue weighted by Gasteiger charge is 2.18. The summed E-state index contributed by atoms with van der Waals surface area (Å²) in [6.07, 6.45) is 69.9. The van der Waals surface area contributed by atoms with Crippen molar-refractivity contribution in [3.8, 4) is 0 Å². The van der Waals surface area contributed by atoms with Crippen LogP contribution in [0, 0.1) is 0 Å². The van der Waals surface area contributed by atoms with Crippen LogP contribution in [0.4, 0.5) is 0 Å². The summed E-state index contributed by atoms with van der Waals surface area (Å²) in [5.41, 5.74) is 0. The predicted octanol–water partition coefficient (Wildman–Crippen LogP) is 17.8. The highest BCUT2D eigenvalue weighted by molar-refractivity contribution is 5.76. The van der Waals surface area contributed by atoms with Gasteiger partial charge in [-0.25, -0.2) is 0 Å². The number of ether oxygens (including phenoxy) is 1. The number of nitrogens with one attached hydrogen (secondary N) is 1. The number of hydrogen-bond acceptors (Lipinski definition) is 5. The fourth-order valence-corrected chi connectivity index (χ4v) is 8.62. The molecule has 2 atom stereocenters. The van der Waals surface area contributed by atoms with E-state index in [4.69, 9.17) is 4.74 Å². The number of hydrogen-bond donors (Lipinski definition) is 3. The first-order valence-electron chi connectivity index (χ1n) is 28.9. The van der Waals surface area contributed by atoms with Gasteiger partial charge in [-0.05, 0) is 89.9 Å². The Morgan fingerprint density at radius 2 is 0.758 bits per heavy atom. The Hall–Kier alpha value is -2.18. The summed E-state index contributed by atoms with van der Waals surface area (Å²) in [6.45, 7) is 4.85. The van der Waals surface area contributed by atoms with Gasteiger partial charge < -0.3 is 20.3 Å². The smallest absolute Gasteiger partial charge is 0.305 e. The topological polar surface area (TPSA) is 95.9 Å². The van der Waals surface area contributed by atoms with Crippen LogP contribution in [-0.2, 0) is 14.3 Å². The standard InChI is InChI=1S/C60H111NO5/c1-3-5-7-9-11-13-15-17-18-22-26-30-34-38-42-46-50-54-60(65)66-55-51-47-43-39-35-31-27-24-21-19-20-23-25-29-33-37-41-45-49-53-59(64)61-57(56-62)58(63)52-48-44-40-36-32-28-16-14-12-10-8-6-4-2/h17-18,24,27,31,35,48,52,57-58,62-63H,3-16,19-23,25-26,28-30,32-34,36-47,49-51,53-56H2,1-2H3,(H,61,64)/b18-17-,27-24-,35-31-,52-48+. The van der Waals surface area contributed by atoms with E-state index in [1.165, 1.54) is 193 Å². The second-order valence-corrected chi connectivity index (χ2v) is 19.6. The Labute approximate surface area is 410 Å². The third-order valence-electron chi connectivity index (χ3n) is 13.1. The minimum Gasteiger partial charge on any atom is -0.466 e. The summed E-state index contributed by atoms with van der Waals surface area (Å²) in [6, 6.07) is -0.636. The lowest BCUT2D eigenvalue weighted by Crippen LogP contribution is -2.45. The molecule has 0 aliphatic carbocycles. The monoisotopic (exact) mass is 926 g/mol. The van der Waals surface area contributed by atoms with Crippen molar-refractivity contribution in [2.45, 2.75) is 309 Å². The third-order valence-corrected chi connectivity index (χ3v) is 13.1. The molecule has 0 aliphatic heterocycles. The van der Waals surface area contributed by atoms with Crippen molar-refractivity contribution in [1.29, 1.82) is 0 Å². The first-order chi connectivity index (χ1) is 32.5. The molecule has 66 heavy (non-hydrogen) atoms. The molecule has 0 saturated heterocycles. The van der Waals surface area contributed by atoms with Crippen LogP contribution in [0.3, 0.4) is 0 Å². The minimum atomic E-state index is -0.851. The van der Waals surface area contributed by atoms with Crippen molar-refractivity contribution in [2.24, 2.45) is 0 Å². The van der Waals surface area contributed by atoms with Crippen LogP contribution in [-0.4, -0.2) is 47.4 Å². The number of rotatable bonds is 53. The second-order valence-electron chi connectivity index (χ2n) is 19.6. The number of aliphatic hydroxyl groups excluding tert-OH is 2. The van der Waals surface area contributed by atoms with Gasteiger partial charge in [-0.15, -0.1) is 0 Å². The van der Waals surface area contributed by atoms with Crippen LogP contribution in [0.25, 0.3) is 0 Å². The maximum absolute atomic E-state index is 12.4. The van der Waals surface area contributed by atoms with Gasteiger partial charge in [-0.2, -0.15) is 0 Å². The largest absolute Gasteiger partial charge is 0.466 e. The highest BCUT2D eigenvalue weighted by Crippen LogP contribution is 2.16. The van der Waals surface area contributed by atoms with Crippen molar-refractivity contribution >= 4 is 11.9 Å². The van der Waals surface area contributed by atoms with Gasteiger partial charge >= 0.3 is 5.97 Å². The average Bonchev–Trinajstić information content (AvgIpc) is 3.32. The fourth-order valence-electron chi connectivity index (χ4n) is 8.62. The molecule has 386 valence electrons. The second kappa shape index (κ2) is 55.4. The molecule has 2 unspecified atom stereocenters. The zero-order valence-corrected chi connectivity index (χ0v) is 43.9. The van der Waals surface area contributed by atoms with E-state index in [2.05, 4.69) is 55.6 Å². The van der Waals surface area contributed by atoms with E-state index in [0.29, 0.717) is 19.4 Å². The van der Waals surface area contributed by atoms with E-state index < -0.39 is 12.1 Å². The summed E-state index contributed by atoms with van der Waals surface area (Å²) in [7, 11) is 0. The molecule has 0 aliphatic rings. The predicted molar refractivity (Wildman–Crippen MR) is 287 cm³/mol. The molecule has 0 spiro atoms. The first kappa shape index (κ1) is 63.8. The molecule has 0 bridgehead atoms. The van der Waals surface area contributed by atoms with E-state index in [0.717, 1.165) is 77.0 Å². The van der Waals surface area contributed by atoms with Crippen LogP contribution in [0.2, 0.25) is 0 Å². The van der Waals surface area contributed by atoms with Crippen LogP contribution in [0.5, 0.6) is 0 Å². The van der Waals surface area contributed by atoms with Crippen LogP contribution < -0.4 is 5.32 Å². The maximum atomic E-state index is 12.4. The summed E-state index contributed by atoms with van der Waals surface area (Å²) in [5, 5.41) is 23.0. The SMILES string of the molecule is CCCCCCCC/C=C\CCCCCCCCCC(=O)OCCCCC/C=C\C=C/CCCCCCCCCCCCC(=O)NC(CO)C(O)/C=C/CCCCCCCCCCCCC. The van der Waals surface area contributed by atoms with Crippen molar-refractivity contribution < 1.29 is 24.5 Å². The van der Waals surface area contributed by atoms with E-state index in [9.17, 15) is 19.8 Å². The Morgan fingerprint density at radius 3 is 1.17 bits per heavy atom. The van der Waals surface area contributed by atoms with Gasteiger partial charge in [0.05, 0.1) is 25.4 Å². The number of esters is 1. The first-order valence-corrected chi connectivity index (χ1v) is 28.9. The number of carbonyl (C=O) groups excluding carboxylic acids is 2. The van der Waals surface area contributed by atoms with E-state index in [1.807, 2.05) is 6.08 Å². The lowest BCUT2D eigenvalue weighted by atomic mass is 10.0. The molecular formula is C60H111NO5. The summed E-state index contributed by atoms with van der Waals surface area (Å²) in [4.78, 5) is 24.5. The van der Waals surface area contributed by atoms with Gasteiger partial charge in [-0.3, -0.25) is 9.59 Å². The lowest BCUT2D eigenvalue weighted by molar-refractivity contribution is -0.143. The molecule has 0 radical (unpaired) electrons. The molecule has 6 heteroatoms. The van der Waals surface area contributed by atoms with E-state index >= 15 is 0 Å². The third kappa shape index (κ3) is 51.2. The normalized spacial score (nSPS) is 13.0. The van der Waals surface area contributed by atoms with Crippen molar-refractivity contribution in [3.63, 3.8) is 0 Å². The highest BCUT2D eigenvalue weighted by atomic mass is 16.5. The molecule has 6 nitrogen and oxygen atoms in total. The molecule has 0 aromatic rings. The molecule has 3 N–H and O–H groups in total. The average molecular weight is 927 g/mol. The number of allylic oxidation sites excluding steroid dienone is 7. The summed E-state index contributed by atoms with van der Waals surface area (Å²) in [5.74, 6) is -0.0968. The van der Waals surface area contributed by atoms with Gasteiger partial charge in [0.1, 0.15) is 0 Å². The number of carbonyl (C=O) groups is 2. The molecule has 0 aromatic carbocycles. The molecule has 0 aromatic heterocycles. The zero-order chi connectivity index (χ0) is 47.9. The van der Waals surface area contributed by atoms with Gasteiger partial charge in [-0.1, -0.05) is 242 Å². The van der Waals surface area contributed by atoms with E-state index in [-0.39, 0.29) is 18.5 Å². The Morgan fingerprint density at radius 1 is 0.424 bits per heavy atom. The van der Waals surface area contributed by atoms with Crippen molar-refractivity contribution in [2.75, 3.05) is 13.2 Å². The van der Waals surface area contributed by atoms with Gasteiger partial charge in [0.15, 0.2) is 0 Å². The lowest BCUT2D eigenvalue weighted by Gasteiger charge is -2.20.